The van der Waals surface area contributed by atoms with Crippen molar-refractivity contribution in [3.63, 3.8) is 0 Å². The molecule has 0 aliphatic rings. The number of thioether (sulfide) groups is 1. The normalized spacial score (nSPS) is 10.3. The van der Waals surface area contributed by atoms with Gasteiger partial charge in [0.2, 0.25) is 0 Å². The number of halogens is 1. The van der Waals surface area contributed by atoms with Crippen LogP contribution in [0.2, 0.25) is 0 Å². The zero-order chi connectivity index (χ0) is 12.7. The summed E-state index contributed by atoms with van der Waals surface area (Å²) in [6.07, 6.45) is 4.23. The Balaban J connectivity index is 2.52. The highest BCUT2D eigenvalue weighted by atomic mass is 32.2. The maximum absolute atomic E-state index is 13.5. The quantitative estimate of drug-likeness (QED) is 0.583. The van der Waals surface area contributed by atoms with Crippen molar-refractivity contribution in [2.75, 3.05) is 36.7 Å². The molecule has 0 saturated heterocycles. The molecule has 0 unspecified atom stereocenters. The molecule has 0 aliphatic heterocycles. The molecule has 0 aliphatic carbocycles. The van der Waals surface area contributed by atoms with Crippen LogP contribution < -0.4 is 15.8 Å². The molecule has 0 spiro atoms. The standard InChI is InChI=1S/C12H19FN2OS/c1-16-12-8-11(9(13)7-10(12)14)15-5-3-4-6-17-2/h7-8,15H,3-6,14H2,1-2H3. The molecule has 1 aromatic rings. The van der Waals surface area contributed by atoms with Crippen LogP contribution in [0.5, 0.6) is 5.75 Å². The Morgan fingerprint density at radius 1 is 1.41 bits per heavy atom. The van der Waals surface area contributed by atoms with E-state index in [9.17, 15) is 4.39 Å². The van der Waals surface area contributed by atoms with Crippen molar-refractivity contribution in [2.45, 2.75) is 12.8 Å². The summed E-state index contributed by atoms with van der Waals surface area (Å²) in [7, 11) is 1.52. The van der Waals surface area contributed by atoms with E-state index in [-0.39, 0.29) is 5.82 Å². The number of anilines is 2. The number of rotatable bonds is 7. The number of nitrogens with one attached hydrogen (secondary N) is 1. The summed E-state index contributed by atoms with van der Waals surface area (Å²) in [5.74, 6) is 1.29. The first-order valence-corrected chi connectivity index (χ1v) is 6.94. The van der Waals surface area contributed by atoms with Gasteiger partial charge in [0.15, 0.2) is 0 Å². The lowest BCUT2D eigenvalue weighted by Gasteiger charge is -2.11. The second-order valence-electron chi connectivity index (χ2n) is 3.70. The van der Waals surface area contributed by atoms with Crippen LogP contribution in [0.1, 0.15) is 12.8 Å². The molecule has 0 radical (unpaired) electrons. The van der Waals surface area contributed by atoms with Crippen LogP contribution in [0.4, 0.5) is 15.8 Å². The Kier molecular flexibility index (Phi) is 5.97. The Bertz CT molecular complexity index is 361. The number of hydrogen-bond acceptors (Lipinski definition) is 4. The van der Waals surface area contributed by atoms with Crippen LogP contribution in [-0.2, 0) is 0 Å². The summed E-state index contributed by atoms with van der Waals surface area (Å²) in [5, 5.41) is 3.05. The largest absolute Gasteiger partial charge is 0.495 e. The van der Waals surface area contributed by atoms with Crippen molar-refractivity contribution in [2.24, 2.45) is 0 Å². The molecular formula is C12H19FN2OS. The van der Waals surface area contributed by atoms with Gasteiger partial charge in [-0.25, -0.2) is 4.39 Å². The fourth-order valence-corrected chi connectivity index (χ4v) is 1.97. The third-order valence-corrected chi connectivity index (χ3v) is 3.11. The molecule has 0 fully saturated rings. The van der Waals surface area contributed by atoms with Gasteiger partial charge in [0.1, 0.15) is 11.6 Å². The molecule has 0 aromatic heterocycles. The van der Waals surface area contributed by atoms with E-state index in [4.69, 9.17) is 10.5 Å². The maximum atomic E-state index is 13.5. The highest BCUT2D eigenvalue weighted by Gasteiger charge is 2.07. The van der Waals surface area contributed by atoms with E-state index in [1.54, 1.807) is 6.07 Å². The van der Waals surface area contributed by atoms with Crippen molar-refractivity contribution < 1.29 is 9.13 Å². The third-order valence-electron chi connectivity index (χ3n) is 2.41. The van der Waals surface area contributed by atoms with E-state index >= 15 is 0 Å². The average molecular weight is 258 g/mol. The number of ether oxygens (including phenoxy) is 1. The Morgan fingerprint density at radius 3 is 2.82 bits per heavy atom. The SMILES string of the molecule is COc1cc(NCCCCSC)c(F)cc1N. The van der Waals surface area contributed by atoms with Gasteiger partial charge in [-0.05, 0) is 24.9 Å². The monoisotopic (exact) mass is 258 g/mol. The van der Waals surface area contributed by atoms with Gasteiger partial charge in [-0.2, -0.15) is 11.8 Å². The molecule has 96 valence electrons. The second-order valence-corrected chi connectivity index (χ2v) is 4.69. The number of nitrogen functional groups attached to an aromatic ring is 1. The third kappa shape index (κ3) is 4.34. The number of methoxy groups -OCH3 is 1. The first-order chi connectivity index (χ1) is 8.19. The molecule has 0 atom stereocenters. The van der Waals surface area contributed by atoms with E-state index in [2.05, 4.69) is 11.6 Å². The minimum absolute atomic E-state index is 0.318. The molecule has 0 bridgehead atoms. The predicted octanol–water partition coefficient (Wildman–Crippen LogP) is 2.97. The lowest BCUT2D eigenvalue weighted by molar-refractivity contribution is 0.416. The Labute approximate surface area is 106 Å². The number of hydrogen-bond donors (Lipinski definition) is 2. The first kappa shape index (κ1) is 14.0. The topological polar surface area (TPSA) is 47.3 Å². The van der Waals surface area contributed by atoms with Crippen molar-refractivity contribution in [1.82, 2.24) is 0 Å². The Hall–Kier alpha value is -1.10. The molecule has 0 saturated carbocycles. The molecule has 5 heteroatoms. The molecule has 17 heavy (non-hydrogen) atoms. The summed E-state index contributed by atoms with van der Waals surface area (Å²) in [4.78, 5) is 0. The van der Waals surface area contributed by atoms with Crippen LogP contribution in [0.15, 0.2) is 12.1 Å². The maximum Gasteiger partial charge on any atom is 0.148 e. The fourth-order valence-electron chi connectivity index (χ4n) is 1.48. The summed E-state index contributed by atoms with van der Waals surface area (Å²) in [6, 6.07) is 2.88. The number of unbranched alkanes of at least 4 members (excludes halogenated alkanes) is 1. The van der Waals surface area contributed by atoms with Gasteiger partial charge in [-0.1, -0.05) is 0 Å². The van der Waals surface area contributed by atoms with Gasteiger partial charge in [0.25, 0.3) is 0 Å². The number of benzene rings is 1. The van der Waals surface area contributed by atoms with Crippen molar-refractivity contribution in [3.05, 3.63) is 17.9 Å². The van der Waals surface area contributed by atoms with E-state index in [1.807, 2.05) is 11.8 Å². The van der Waals surface area contributed by atoms with E-state index < -0.39 is 0 Å². The van der Waals surface area contributed by atoms with Crippen LogP contribution >= 0.6 is 11.8 Å². The zero-order valence-corrected chi connectivity index (χ0v) is 11.1. The average Bonchev–Trinajstić information content (AvgIpc) is 2.31. The highest BCUT2D eigenvalue weighted by molar-refractivity contribution is 7.98. The van der Waals surface area contributed by atoms with Crippen molar-refractivity contribution in [1.29, 1.82) is 0 Å². The van der Waals surface area contributed by atoms with Crippen LogP contribution in [0, 0.1) is 5.82 Å². The zero-order valence-electron chi connectivity index (χ0n) is 10.3. The lowest BCUT2D eigenvalue weighted by atomic mass is 10.2. The summed E-state index contributed by atoms with van der Waals surface area (Å²) in [6.45, 7) is 0.755. The molecule has 0 amide bonds. The second kappa shape index (κ2) is 7.27. The Morgan fingerprint density at radius 2 is 2.18 bits per heavy atom. The van der Waals surface area contributed by atoms with Crippen molar-refractivity contribution in [3.8, 4) is 5.75 Å². The molecule has 1 rings (SSSR count). The molecular weight excluding hydrogens is 239 g/mol. The van der Waals surface area contributed by atoms with Gasteiger partial charge in [0.05, 0.1) is 18.5 Å². The highest BCUT2D eigenvalue weighted by Crippen LogP contribution is 2.28. The number of nitrogens with two attached hydrogens (primary N) is 1. The summed E-state index contributed by atoms with van der Waals surface area (Å²) >= 11 is 1.82. The van der Waals surface area contributed by atoms with Crippen LogP contribution in [0.3, 0.4) is 0 Å². The van der Waals surface area contributed by atoms with E-state index in [0.717, 1.165) is 25.1 Å². The first-order valence-electron chi connectivity index (χ1n) is 5.55. The van der Waals surface area contributed by atoms with Crippen LogP contribution in [-0.4, -0.2) is 25.7 Å². The summed E-state index contributed by atoms with van der Waals surface area (Å²) in [5.41, 5.74) is 6.36. The van der Waals surface area contributed by atoms with Gasteiger partial charge >= 0.3 is 0 Å². The summed E-state index contributed by atoms with van der Waals surface area (Å²) < 4.78 is 18.6. The molecule has 0 heterocycles. The smallest absolute Gasteiger partial charge is 0.148 e. The molecule has 3 N–H and O–H groups in total. The van der Waals surface area contributed by atoms with Gasteiger partial charge in [-0.3, -0.25) is 0 Å². The van der Waals surface area contributed by atoms with Gasteiger partial charge in [-0.15, -0.1) is 0 Å². The minimum atomic E-state index is -0.340. The molecule has 1 aromatic carbocycles. The minimum Gasteiger partial charge on any atom is -0.495 e. The van der Waals surface area contributed by atoms with E-state index in [1.165, 1.54) is 13.2 Å². The van der Waals surface area contributed by atoms with Gasteiger partial charge < -0.3 is 15.8 Å². The lowest BCUT2D eigenvalue weighted by Crippen LogP contribution is -2.05. The van der Waals surface area contributed by atoms with Crippen molar-refractivity contribution >= 4 is 23.1 Å². The fraction of sp³-hybridized carbons (Fsp3) is 0.500. The van der Waals surface area contributed by atoms with E-state index in [0.29, 0.717) is 17.1 Å². The van der Waals surface area contributed by atoms with Gasteiger partial charge in [0, 0.05) is 18.7 Å². The predicted molar refractivity (Wildman–Crippen MR) is 73.5 cm³/mol. The molecule has 3 nitrogen and oxygen atoms in total. The van der Waals surface area contributed by atoms with Crippen LogP contribution in [0.25, 0.3) is 0 Å².